The van der Waals surface area contributed by atoms with Gasteiger partial charge in [0.05, 0.1) is 6.61 Å². The average molecular weight is 374 g/mol. The molecule has 1 saturated heterocycles. The van der Waals surface area contributed by atoms with Gasteiger partial charge in [0.2, 0.25) is 5.91 Å². The van der Waals surface area contributed by atoms with E-state index in [1.165, 1.54) is 18.5 Å². The molecule has 1 aliphatic heterocycles. The van der Waals surface area contributed by atoms with Crippen molar-refractivity contribution in [3.63, 3.8) is 0 Å². The van der Waals surface area contributed by atoms with Crippen LogP contribution in [-0.4, -0.2) is 25.6 Å². The highest BCUT2D eigenvalue weighted by atomic mass is 16.5. The summed E-state index contributed by atoms with van der Waals surface area (Å²) in [5.41, 5.74) is 2.05. The number of nitrogens with one attached hydrogen (secondary N) is 1. The highest BCUT2D eigenvalue weighted by molar-refractivity contribution is 5.91. The first-order valence-corrected chi connectivity index (χ1v) is 10.0. The third-order valence-corrected chi connectivity index (χ3v) is 5.16. The van der Waals surface area contributed by atoms with Crippen LogP contribution in [0.2, 0.25) is 0 Å². The Morgan fingerprint density at radius 3 is 2.64 bits per heavy atom. The van der Waals surface area contributed by atoms with Crippen molar-refractivity contribution >= 4 is 28.1 Å². The first kappa shape index (κ1) is 18.4. The van der Waals surface area contributed by atoms with E-state index in [1.54, 1.807) is 0 Å². The third-order valence-electron chi connectivity index (χ3n) is 5.16. The molecule has 0 aromatic heterocycles. The van der Waals surface area contributed by atoms with Crippen LogP contribution in [0.4, 0.5) is 11.4 Å². The molecule has 4 nitrogen and oxygen atoms in total. The number of hydrogen-bond acceptors (Lipinski definition) is 3. The second kappa shape index (κ2) is 8.79. The fourth-order valence-corrected chi connectivity index (χ4v) is 3.72. The number of fused-ring (bicyclic) bond motifs is 1. The summed E-state index contributed by atoms with van der Waals surface area (Å²) in [6, 6.07) is 22.4. The summed E-state index contributed by atoms with van der Waals surface area (Å²) in [4.78, 5) is 14.7. The number of nitrogens with zero attached hydrogens (tertiary/aromatic N) is 1. The van der Waals surface area contributed by atoms with Crippen LogP contribution in [-0.2, 0) is 4.79 Å². The Bertz CT molecular complexity index is 943. The molecular formula is C24H26N2O2. The summed E-state index contributed by atoms with van der Waals surface area (Å²) in [6.45, 7) is 2.72. The summed E-state index contributed by atoms with van der Waals surface area (Å²) in [7, 11) is 0. The predicted molar refractivity (Wildman–Crippen MR) is 115 cm³/mol. The van der Waals surface area contributed by atoms with Crippen LogP contribution in [0.15, 0.2) is 66.7 Å². The Morgan fingerprint density at radius 2 is 1.75 bits per heavy atom. The van der Waals surface area contributed by atoms with Crippen LogP contribution >= 0.6 is 0 Å². The molecule has 3 aromatic rings. The minimum Gasteiger partial charge on any atom is -0.493 e. The Kier molecular flexibility index (Phi) is 5.76. The second-order valence-corrected chi connectivity index (χ2v) is 7.22. The van der Waals surface area contributed by atoms with E-state index in [-0.39, 0.29) is 5.91 Å². The fourth-order valence-electron chi connectivity index (χ4n) is 3.72. The van der Waals surface area contributed by atoms with Crippen LogP contribution < -0.4 is 15.0 Å². The number of anilines is 2. The zero-order valence-corrected chi connectivity index (χ0v) is 16.1. The lowest BCUT2D eigenvalue weighted by Gasteiger charge is -2.18. The van der Waals surface area contributed by atoms with E-state index in [4.69, 9.17) is 4.74 Å². The molecule has 0 aliphatic carbocycles. The van der Waals surface area contributed by atoms with Crippen LogP contribution in [0.25, 0.3) is 10.8 Å². The van der Waals surface area contributed by atoms with Gasteiger partial charge < -0.3 is 15.0 Å². The van der Waals surface area contributed by atoms with Crippen LogP contribution in [0.3, 0.4) is 0 Å². The second-order valence-electron chi connectivity index (χ2n) is 7.22. The molecule has 1 N–H and O–H groups in total. The molecule has 144 valence electrons. The Labute approximate surface area is 166 Å². The normalized spacial score (nSPS) is 13.6. The van der Waals surface area contributed by atoms with Crippen molar-refractivity contribution in [2.75, 3.05) is 29.9 Å². The fraction of sp³-hybridized carbons (Fsp3) is 0.292. The minimum absolute atomic E-state index is 0.0279. The van der Waals surface area contributed by atoms with Gasteiger partial charge in [0.1, 0.15) is 5.75 Å². The molecule has 1 amide bonds. The summed E-state index contributed by atoms with van der Waals surface area (Å²) < 4.78 is 5.92. The number of carbonyl (C=O) groups is 1. The van der Waals surface area contributed by atoms with Crippen LogP contribution in [0.5, 0.6) is 5.75 Å². The molecule has 1 aliphatic rings. The maximum absolute atomic E-state index is 12.3. The number of benzene rings is 3. The number of rotatable bonds is 7. The van der Waals surface area contributed by atoms with E-state index in [0.29, 0.717) is 19.4 Å². The van der Waals surface area contributed by atoms with E-state index >= 15 is 0 Å². The quantitative estimate of drug-likeness (QED) is 0.575. The maximum atomic E-state index is 12.3. The first-order valence-electron chi connectivity index (χ1n) is 10.0. The van der Waals surface area contributed by atoms with E-state index in [1.807, 2.05) is 36.4 Å². The molecule has 4 heteroatoms. The zero-order valence-electron chi connectivity index (χ0n) is 16.1. The van der Waals surface area contributed by atoms with Gasteiger partial charge in [-0.25, -0.2) is 0 Å². The predicted octanol–water partition coefficient (Wildman–Crippen LogP) is 5.24. The molecule has 0 radical (unpaired) electrons. The third kappa shape index (κ3) is 4.45. The van der Waals surface area contributed by atoms with Crippen molar-refractivity contribution in [3.05, 3.63) is 66.7 Å². The lowest BCUT2D eigenvalue weighted by Crippen LogP contribution is -2.18. The molecule has 1 fully saturated rings. The molecule has 28 heavy (non-hydrogen) atoms. The van der Waals surface area contributed by atoms with E-state index in [9.17, 15) is 4.79 Å². The average Bonchev–Trinajstić information content (AvgIpc) is 3.26. The molecular weight excluding hydrogens is 348 g/mol. The van der Waals surface area contributed by atoms with Crippen LogP contribution in [0.1, 0.15) is 25.7 Å². The van der Waals surface area contributed by atoms with E-state index in [2.05, 4.69) is 40.5 Å². The summed E-state index contributed by atoms with van der Waals surface area (Å²) in [5, 5.41) is 5.28. The lowest BCUT2D eigenvalue weighted by molar-refractivity contribution is -0.116. The highest BCUT2D eigenvalue weighted by Crippen LogP contribution is 2.26. The Morgan fingerprint density at radius 1 is 0.964 bits per heavy atom. The molecule has 0 unspecified atom stereocenters. The molecule has 0 spiro atoms. The zero-order chi connectivity index (χ0) is 19.2. The maximum Gasteiger partial charge on any atom is 0.224 e. The summed E-state index contributed by atoms with van der Waals surface area (Å²) in [6.07, 6.45) is 3.61. The van der Waals surface area contributed by atoms with E-state index < -0.39 is 0 Å². The SMILES string of the molecule is O=C(CCCOc1cccc2ccccc12)Nc1cccc(N2CCCC2)c1. The molecule has 3 aromatic carbocycles. The molecule has 1 heterocycles. The molecule has 0 bridgehead atoms. The van der Waals surface area contributed by atoms with Crippen molar-refractivity contribution < 1.29 is 9.53 Å². The van der Waals surface area contributed by atoms with Crippen LogP contribution in [0, 0.1) is 0 Å². The van der Waals surface area contributed by atoms with Gasteiger partial charge in [-0.3, -0.25) is 4.79 Å². The topological polar surface area (TPSA) is 41.6 Å². The minimum atomic E-state index is 0.0279. The molecule has 4 rings (SSSR count). The van der Waals surface area contributed by atoms with Gasteiger partial charge in [0, 0.05) is 36.3 Å². The molecule has 0 saturated carbocycles. The number of amides is 1. The number of hydrogen-bond donors (Lipinski definition) is 1. The van der Waals surface area contributed by atoms with Crippen molar-refractivity contribution in [1.29, 1.82) is 0 Å². The summed E-state index contributed by atoms with van der Waals surface area (Å²) >= 11 is 0. The van der Waals surface area contributed by atoms with Gasteiger partial charge >= 0.3 is 0 Å². The van der Waals surface area contributed by atoms with Gasteiger partial charge in [-0.15, -0.1) is 0 Å². The van der Waals surface area contributed by atoms with Gasteiger partial charge in [-0.2, -0.15) is 0 Å². The standard InChI is InChI=1S/C24H26N2O2/c27-24(25-20-10-6-11-21(18-20)26-15-3-4-16-26)14-7-17-28-23-13-5-9-19-8-1-2-12-22(19)23/h1-2,5-6,8-13,18H,3-4,7,14-17H2,(H,25,27). The highest BCUT2D eigenvalue weighted by Gasteiger charge is 2.13. The van der Waals surface area contributed by atoms with Crippen molar-refractivity contribution in [3.8, 4) is 5.75 Å². The lowest BCUT2D eigenvalue weighted by atomic mass is 10.1. The smallest absolute Gasteiger partial charge is 0.224 e. The van der Waals surface area contributed by atoms with Crippen molar-refractivity contribution in [2.45, 2.75) is 25.7 Å². The number of ether oxygens (including phenoxy) is 1. The van der Waals surface area contributed by atoms with Gasteiger partial charge in [-0.1, -0.05) is 42.5 Å². The largest absolute Gasteiger partial charge is 0.493 e. The monoisotopic (exact) mass is 374 g/mol. The van der Waals surface area contributed by atoms with Crippen molar-refractivity contribution in [1.82, 2.24) is 0 Å². The van der Waals surface area contributed by atoms with E-state index in [0.717, 1.165) is 35.3 Å². The Balaban J connectivity index is 1.26. The van der Waals surface area contributed by atoms with Crippen molar-refractivity contribution in [2.24, 2.45) is 0 Å². The molecule has 0 atom stereocenters. The Hall–Kier alpha value is -3.01. The van der Waals surface area contributed by atoms with Gasteiger partial charge in [-0.05, 0) is 48.9 Å². The van der Waals surface area contributed by atoms with Gasteiger partial charge in [0.25, 0.3) is 0 Å². The number of carbonyl (C=O) groups excluding carboxylic acids is 1. The first-order chi connectivity index (χ1) is 13.8. The van der Waals surface area contributed by atoms with Gasteiger partial charge in [0.15, 0.2) is 0 Å². The summed E-state index contributed by atoms with van der Waals surface area (Å²) in [5.74, 6) is 0.900.